The normalized spacial score (nSPS) is 22.6. The van der Waals surface area contributed by atoms with Crippen LogP contribution < -0.4 is 16.0 Å². The molecule has 1 aromatic heterocycles. The van der Waals surface area contributed by atoms with Crippen molar-refractivity contribution in [2.75, 3.05) is 6.54 Å². The van der Waals surface area contributed by atoms with Gasteiger partial charge in [0.25, 0.3) is 5.91 Å². The summed E-state index contributed by atoms with van der Waals surface area (Å²) in [6.45, 7) is 12.7. The molecular weight excluding hydrogens is 816 g/mol. The Hall–Kier alpha value is -4.57. The summed E-state index contributed by atoms with van der Waals surface area (Å²) >= 11 is 6.32. The lowest BCUT2D eigenvalue weighted by molar-refractivity contribution is -0.157. The first-order valence-electron chi connectivity index (χ1n) is 22.2. The van der Waals surface area contributed by atoms with E-state index >= 15 is 4.79 Å². The Balaban J connectivity index is 1.25. The summed E-state index contributed by atoms with van der Waals surface area (Å²) in [5.74, 6) is -2.73. The summed E-state index contributed by atoms with van der Waals surface area (Å²) in [5, 5.41) is 33.5. The number of likely N-dealkylation sites (tertiary alicyclic amines) is 1. The van der Waals surface area contributed by atoms with Crippen LogP contribution in [0.3, 0.4) is 0 Å². The van der Waals surface area contributed by atoms with Crippen LogP contribution in [0.15, 0.2) is 35.6 Å². The second-order valence-electron chi connectivity index (χ2n) is 19.9. The molecule has 0 bridgehead atoms. The fourth-order valence-electron chi connectivity index (χ4n) is 8.68. The second kappa shape index (κ2) is 19.4. The number of carbonyl (C=O) groups is 5. The molecule has 1 spiro atoms. The van der Waals surface area contributed by atoms with Gasteiger partial charge in [0.15, 0.2) is 18.4 Å². The molecule has 2 aliphatic heterocycles. The molecule has 0 radical (unpaired) electrons. The van der Waals surface area contributed by atoms with Crippen molar-refractivity contribution in [2.24, 2.45) is 27.8 Å². The number of rotatable bonds is 16. The number of hydrogen-bond donors (Lipinski definition) is 4. The van der Waals surface area contributed by atoms with Gasteiger partial charge in [0, 0.05) is 41.8 Å². The van der Waals surface area contributed by atoms with Crippen LogP contribution in [-0.4, -0.2) is 103 Å². The first kappa shape index (κ1) is 46.9. The zero-order chi connectivity index (χ0) is 45.0. The van der Waals surface area contributed by atoms with E-state index in [9.17, 15) is 24.3 Å². The van der Waals surface area contributed by atoms with E-state index < -0.39 is 64.3 Å². The van der Waals surface area contributed by atoms with Crippen LogP contribution in [-0.2, 0) is 46.7 Å². The third-order valence-electron chi connectivity index (χ3n) is 12.4. The van der Waals surface area contributed by atoms with Gasteiger partial charge in [-0.15, -0.1) is 5.10 Å². The van der Waals surface area contributed by atoms with E-state index in [0.29, 0.717) is 29.3 Å². The molecule has 1 unspecified atom stereocenters. The summed E-state index contributed by atoms with van der Waals surface area (Å²) in [6, 6.07) is 4.21. The van der Waals surface area contributed by atoms with Gasteiger partial charge in [-0.05, 0) is 76.3 Å². The number of amides is 4. The van der Waals surface area contributed by atoms with Crippen LogP contribution in [0.5, 0.6) is 0 Å². The summed E-state index contributed by atoms with van der Waals surface area (Å²) in [7, 11) is 0. The number of oxime groups is 1. The van der Waals surface area contributed by atoms with Gasteiger partial charge in [-0.25, -0.2) is 4.68 Å². The topological polar surface area (TPSA) is 206 Å². The maximum atomic E-state index is 15.2. The number of benzene rings is 1. The minimum Gasteiger partial charge on any atom is -0.442 e. The second-order valence-corrected chi connectivity index (χ2v) is 20.3. The van der Waals surface area contributed by atoms with Gasteiger partial charge >= 0.3 is 5.97 Å². The first-order valence-corrected chi connectivity index (χ1v) is 22.6. The van der Waals surface area contributed by atoms with Crippen molar-refractivity contribution >= 4 is 46.9 Å². The lowest BCUT2D eigenvalue weighted by Crippen LogP contribution is -2.60. The van der Waals surface area contributed by atoms with Crippen LogP contribution in [0.1, 0.15) is 130 Å². The lowest BCUT2D eigenvalue weighted by Gasteiger charge is -2.37. The molecule has 1 saturated heterocycles. The Morgan fingerprint density at radius 3 is 2.39 bits per heavy atom. The number of ether oxygens (including phenoxy) is 1. The number of hydrogen-bond acceptors (Lipinski definition) is 11. The van der Waals surface area contributed by atoms with Gasteiger partial charge in [0.2, 0.25) is 17.7 Å². The predicted octanol–water partition coefficient (Wildman–Crippen LogP) is 4.84. The zero-order valence-electron chi connectivity index (χ0n) is 37.2. The Kier molecular flexibility index (Phi) is 14.7. The molecule has 16 nitrogen and oxygen atoms in total. The fourth-order valence-corrected chi connectivity index (χ4v) is 8.87. The van der Waals surface area contributed by atoms with Crippen LogP contribution in [0.25, 0.3) is 0 Å². The van der Waals surface area contributed by atoms with Crippen LogP contribution >= 0.6 is 11.6 Å². The number of aliphatic hydroxyl groups excluding tert-OH is 1. The number of aromatic nitrogens is 3. The molecule has 3 fully saturated rings. The van der Waals surface area contributed by atoms with Gasteiger partial charge in [-0.3, -0.25) is 24.0 Å². The lowest BCUT2D eigenvalue weighted by atomic mass is 9.77. The maximum Gasteiger partial charge on any atom is 0.313 e. The Bertz CT molecular complexity index is 1980. The van der Waals surface area contributed by atoms with Gasteiger partial charge in [0.05, 0.1) is 35.6 Å². The Morgan fingerprint density at radius 1 is 1.02 bits per heavy atom. The molecular formula is C45H65ClN8O8. The number of aliphatic hydroxyl groups is 1. The van der Waals surface area contributed by atoms with Gasteiger partial charge < -0.3 is 35.5 Å². The Morgan fingerprint density at radius 2 is 1.74 bits per heavy atom. The number of nitrogens with one attached hydrogen (secondary N) is 3. The van der Waals surface area contributed by atoms with Crippen molar-refractivity contribution < 1.29 is 38.7 Å². The highest BCUT2D eigenvalue weighted by atomic mass is 35.5. The third-order valence-corrected chi connectivity index (χ3v) is 12.6. The first-order chi connectivity index (χ1) is 29.3. The van der Waals surface area contributed by atoms with E-state index in [-0.39, 0.29) is 56.4 Å². The average molecular weight is 882 g/mol. The summed E-state index contributed by atoms with van der Waals surface area (Å²) in [4.78, 5) is 77.3. The van der Waals surface area contributed by atoms with Gasteiger partial charge in [-0.1, -0.05) is 87.5 Å². The summed E-state index contributed by atoms with van der Waals surface area (Å²) in [5.41, 5.74) is -0.616. The standard InChI is InChI=1S/C45H65ClN8O8/c1-8-13-33(36(55)40(58)47-30-18-19-30)48-39(57)35-23-45(22-34(51-62-45)28-16-12-17-29(46)20-28)25-54(35)41(59)37(43(2,3)4)49-38(56)32(27-14-10-9-11-15-27)21-31-24-53(52-50-31)26-61-42(60)44(5,6)7/h12,16-17,20,24,27,30,32-33,35-37,55H,8-11,13-15,18-19,21-23,25-26H2,1-7H3,(H,47,58)(H,48,57)(H,49,56)/t32-,33-,35-,36?,37+,45+/m0/s1. The number of nitrogens with zero attached hydrogens (tertiary/aromatic N) is 5. The molecule has 4 N–H and O–H groups in total. The van der Waals surface area contributed by atoms with Crippen molar-refractivity contribution in [3.05, 3.63) is 46.7 Å². The molecule has 17 heteroatoms. The molecule has 4 amide bonds. The molecule has 2 aromatic rings. The van der Waals surface area contributed by atoms with E-state index in [0.717, 1.165) is 50.5 Å². The van der Waals surface area contributed by atoms with E-state index in [1.54, 1.807) is 39.1 Å². The molecule has 2 aliphatic carbocycles. The zero-order valence-corrected chi connectivity index (χ0v) is 38.0. The molecule has 6 atom stereocenters. The molecule has 4 aliphatic rings. The fraction of sp³-hybridized carbons (Fsp3) is 0.689. The van der Waals surface area contributed by atoms with Crippen molar-refractivity contribution in [1.29, 1.82) is 0 Å². The molecule has 1 aromatic carbocycles. The molecule has 2 saturated carbocycles. The SMILES string of the molecule is CCC[C@H](NC(=O)[C@@H]1C[C@]2(CC(c3cccc(Cl)c3)=NO2)CN1C(=O)[C@@H](NC(=O)[C@@H](Cc1cn(COC(=O)C(C)(C)C)nn1)C1CCCCC1)C(C)(C)C)C(O)C(=O)NC1CC1. The van der Waals surface area contributed by atoms with E-state index in [2.05, 4.69) is 31.4 Å². The van der Waals surface area contributed by atoms with E-state index in [1.165, 1.54) is 9.58 Å². The number of halogens is 1. The van der Waals surface area contributed by atoms with E-state index in [1.807, 2.05) is 39.8 Å². The monoisotopic (exact) mass is 880 g/mol. The van der Waals surface area contributed by atoms with Crippen LogP contribution in [0.4, 0.5) is 0 Å². The Labute approximate surface area is 369 Å². The summed E-state index contributed by atoms with van der Waals surface area (Å²) < 4.78 is 6.86. The molecule has 62 heavy (non-hydrogen) atoms. The molecule has 3 heterocycles. The van der Waals surface area contributed by atoms with Crippen molar-refractivity contribution in [3.8, 4) is 0 Å². The predicted molar refractivity (Wildman–Crippen MR) is 231 cm³/mol. The number of esters is 1. The smallest absolute Gasteiger partial charge is 0.313 e. The highest BCUT2D eigenvalue weighted by Gasteiger charge is 2.56. The van der Waals surface area contributed by atoms with Crippen LogP contribution in [0, 0.1) is 22.7 Å². The van der Waals surface area contributed by atoms with Gasteiger partial charge in [-0.2, -0.15) is 0 Å². The molecule has 6 rings (SSSR count). The number of carbonyl (C=O) groups excluding carboxylic acids is 5. The molecule has 340 valence electrons. The highest BCUT2D eigenvalue weighted by molar-refractivity contribution is 6.31. The van der Waals surface area contributed by atoms with Crippen molar-refractivity contribution in [2.45, 2.75) is 168 Å². The van der Waals surface area contributed by atoms with Crippen LogP contribution in [0.2, 0.25) is 5.02 Å². The van der Waals surface area contributed by atoms with Crippen molar-refractivity contribution in [3.63, 3.8) is 0 Å². The highest BCUT2D eigenvalue weighted by Crippen LogP contribution is 2.41. The average Bonchev–Trinajstić information content (AvgIpc) is 3.58. The quantitative estimate of drug-likeness (QED) is 0.169. The summed E-state index contributed by atoms with van der Waals surface area (Å²) in [6.07, 6.45) is 8.14. The van der Waals surface area contributed by atoms with E-state index in [4.69, 9.17) is 21.2 Å². The maximum absolute atomic E-state index is 15.2. The van der Waals surface area contributed by atoms with Crippen molar-refractivity contribution in [1.82, 2.24) is 35.8 Å². The third kappa shape index (κ3) is 11.7. The van der Waals surface area contributed by atoms with Gasteiger partial charge in [0.1, 0.15) is 12.1 Å². The minimum atomic E-state index is -1.49. The minimum absolute atomic E-state index is 0.00194. The largest absolute Gasteiger partial charge is 0.442 e.